The van der Waals surface area contributed by atoms with Crippen molar-refractivity contribution in [1.29, 1.82) is 0 Å². The van der Waals surface area contributed by atoms with Gasteiger partial charge in [0.25, 0.3) is 0 Å². The lowest BCUT2D eigenvalue weighted by atomic mass is 10.0. The van der Waals surface area contributed by atoms with Gasteiger partial charge in [0.15, 0.2) is 0 Å². The monoisotopic (exact) mass is 351 g/mol. The zero-order chi connectivity index (χ0) is 17.6. The zero-order valence-electron chi connectivity index (χ0n) is 14.7. The Labute approximate surface area is 150 Å². The molecule has 0 radical (unpaired) electrons. The molecule has 7 nitrogen and oxygen atoms in total. The van der Waals surface area contributed by atoms with E-state index >= 15 is 0 Å². The van der Waals surface area contributed by atoms with Crippen LogP contribution >= 0.6 is 0 Å². The molecule has 2 saturated carbocycles. The molecule has 3 N–H and O–H groups in total. The van der Waals surface area contributed by atoms with Crippen molar-refractivity contribution in [3.63, 3.8) is 0 Å². The number of nitrogens with two attached hydrogens (primary N) is 1. The van der Waals surface area contributed by atoms with Gasteiger partial charge in [-0.3, -0.25) is 0 Å². The maximum absolute atomic E-state index is 10.9. The van der Waals surface area contributed by atoms with Crippen molar-refractivity contribution in [3.8, 4) is 11.3 Å². The second-order valence-electron chi connectivity index (χ2n) is 8.25. The molecule has 134 valence electrons. The van der Waals surface area contributed by atoms with E-state index in [1.54, 1.807) is 0 Å². The predicted molar refractivity (Wildman–Crippen MR) is 95.6 cm³/mol. The molecular formula is C19H21N5O2. The summed E-state index contributed by atoms with van der Waals surface area (Å²) >= 11 is 0. The number of rotatable bonds is 2. The lowest BCUT2D eigenvalue weighted by Crippen LogP contribution is -2.16. The smallest absolute Gasteiger partial charge is 0.146 e. The number of aromatic nitrogens is 4. The average molecular weight is 351 g/mol. The van der Waals surface area contributed by atoms with Crippen LogP contribution in [0.25, 0.3) is 22.3 Å². The topological polar surface area (TPSA) is 103 Å². The Morgan fingerprint density at radius 1 is 1.27 bits per heavy atom. The standard InChI is InChI=1S/C19H21N5O2/c1-19(6-7-19)24-10-4-5-11(25)13-15(23-26-16(13)9-2-3-9)12(10)14-17(20)21-8-22-18(14)24/h8-9,11,25H,2-7H2,1H3,(H2,20,21,22)/t11-/m0/s1. The number of hydrogen-bond acceptors (Lipinski definition) is 6. The number of anilines is 1. The van der Waals surface area contributed by atoms with Gasteiger partial charge >= 0.3 is 0 Å². The Hall–Kier alpha value is -2.41. The van der Waals surface area contributed by atoms with Crippen molar-refractivity contribution in [1.82, 2.24) is 19.7 Å². The van der Waals surface area contributed by atoms with Gasteiger partial charge in [-0.05, 0) is 45.4 Å². The number of hydrogen-bond donors (Lipinski definition) is 2. The lowest BCUT2D eigenvalue weighted by Gasteiger charge is -2.17. The molecule has 0 saturated heterocycles. The molecule has 3 aliphatic carbocycles. The lowest BCUT2D eigenvalue weighted by molar-refractivity contribution is 0.165. The van der Waals surface area contributed by atoms with E-state index in [1.165, 1.54) is 6.33 Å². The molecular weight excluding hydrogens is 330 g/mol. The molecule has 0 aromatic carbocycles. The van der Waals surface area contributed by atoms with Crippen LogP contribution < -0.4 is 5.73 Å². The first kappa shape index (κ1) is 14.7. The van der Waals surface area contributed by atoms with Crippen LogP contribution in [0.3, 0.4) is 0 Å². The fraction of sp³-hybridized carbons (Fsp3) is 0.526. The van der Waals surface area contributed by atoms with Gasteiger partial charge in [-0.25, -0.2) is 9.97 Å². The normalized spacial score (nSPS) is 23.5. The molecule has 0 bridgehead atoms. The summed E-state index contributed by atoms with van der Waals surface area (Å²) < 4.78 is 8.05. The van der Waals surface area contributed by atoms with Crippen molar-refractivity contribution >= 4 is 16.9 Å². The fourth-order valence-electron chi connectivity index (χ4n) is 4.53. The molecule has 3 aliphatic rings. The van der Waals surface area contributed by atoms with Crippen LogP contribution in [0.2, 0.25) is 0 Å². The number of fused-ring (bicyclic) bond motifs is 5. The van der Waals surface area contributed by atoms with Crippen LogP contribution in [0.4, 0.5) is 5.82 Å². The molecule has 7 heteroatoms. The van der Waals surface area contributed by atoms with Crippen LogP contribution in [0, 0.1) is 0 Å². The number of nitrogen functional groups attached to an aromatic ring is 1. The van der Waals surface area contributed by atoms with Gasteiger partial charge in [0.2, 0.25) is 0 Å². The van der Waals surface area contributed by atoms with E-state index in [0.717, 1.165) is 71.4 Å². The average Bonchev–Trinajstić information content (AvgIpc) is 3.53. The highest BCUT2D eigenvalue weighted by Crippen LogP contribution is 2.53. The van der Waals surface area contributed by atoms with Gasteiger partial charge in [0.05, 0.1) is 17.1 Å². The first-order valence-electron chi connectivity index (χ1n) is 9.40. The summed E-state index contributed by atoms with van der Waals surface area (Å²) in [6.45, 7) is 2.26. The Morgan fingerprint density at radius 3 is 2.81 bits per heavy atom. The summed E-state index contributed by atoms with van der Waals surface area (Å²) in [5.41, 5.74) is 10.9. The third-order valence-corrected chi connectivity index (χ3v) is 6.32. The molecule has 0 aliphatic heterocycles. The summed E-state index contributed by atoms with van der Waals surface area (Å²) in [7, 11) is 0. The van der Waals surface area contributed by atoms with E-state index in [-0.39, 0.29) is 5.54 Å². The Kier molecular flexibility index (Phi) is 2.63. The molecule has 3 aromatic heterocycles. The van der Waals surface area contributed by atoms with Crippen LogP contribution in [0.15, 0.2) is 10.9 Å². The Morgan fingerprint density at radius 2 is 2.08 bits per heavy atom. The molecule has 3 heterocycles. The molecule has 0 amide bonds. The largest absolute Gasteiger partial charge is 0.388 e. The van der Waals surface area contributed by atoms with Gasteiger partial charge in [-0.15, -0.1) is 0 Å². The zero-order valence-corrected chi connectivity index (χ0v) is 14.7. The Balaban J connectivity index is 1.73. The minimum absolute atomic E-state index is 0.0607. The van der Waals surface area contributed by atoms with Gasteiger partial charge in [-0.1, -0.05) is 5.16 Å². The summed E-state index contributed by atoms with van der Waals surface area (Å²) in [6, 6.07) is 0. The summed E-state index contributed by atoms with van der Waals surface area (Å²) in [5, 5.41) is 16.1. The number of aliphatic hydroxyl groups excluding tert-OH is 1. The van der Waals surface area contributed by atoms with Gasteiger partial charge in [-0.2, -0.15) is 0 Å². The van der Waals surface area contributed by atoms with Crippen molar-refractivity contribution in [2.45, 2.75) is 63.0 Å². The molecule has 0 unspecified atom stereocenters. The van der Waals surface area contributed by atoms with Gasteiger partial charge in [0, 0.05) is 22.7 Å². The third-order valence-electron chi connectivity index (χ3n) is 6.32. The molecule has 6 rings (SSSR count). The molecule has 3 aromatic rings. The highest BCUT2D eigenvalue weighted by molar-refractivity contribution is 6.02. The van der Waals surface area contributed by atoms with Crippen LogP contribution in [0.5, 0.6) is 0 Å². The summed E-state index contributed by atoms with van der Waals surface area (Å²) in [5.74, 6) is 1.72. The van der Waals surface area contributed by atoms with E-state index in [2.05, 4.69) is 26.6 Å². The van der Waals surface area contributed by atoms with Crippen molar-refractivity contribution < 1.29 is 9.63 Å². The van der Waals surface area contributed by atoms with Crippen molar-refractivity contribution in [2.24, 2.45) is 0 Å². The van der Waals surface area contributed by atoms with Crippen molar-refractivity contribution in [2.75, 3.05) is 5.73 Å². The quantitative estimate of drug-likeness (QED) is 0.735. The van der Waals surface area contributed by atoms with Gasteiger partial charge < -0.3 is 19.9 Å². The van der Waals surface area contributed by atoms with Crippen LogP contribution in [-0.2, 0) is 12.0 Å². The molecule has 26 heavy (non-hydrogen) atoms. The molecule has 1 atom stereocenters. The second-order valence-corrected chi connectivity index (χ2v) is 8.25. The van der Waals surface area contributed by atoms with Crippen molar-refractivity contribution in [3.05, 3.63) is 23.3 Å². The van der Waals surface area contributed by atoms with E-state index in [4.69, 9.17) is 10.3 Å². The highest BCUT2D eigenvalue weighted by Gasteiger charge is 2.45. The van der Waals surface area contributed by atoms with Crippen LogP contribution in [0.1, 0.15) is 68.1 Å². The van der Waals surface area contributed by atoms with Crippen LogP contribution in [-0.4, -0.2) is 24.8 Å². The maximum Gasteiger partial charge on any atom is 0.146 e. The third kappa shape index (κ3) is 1.79. The summed E-state index contributed by atoms with van der Waals surface area (Å²) in [6.07, 6.45) is 6.85. The maximum atomic E-state index is 10.9. The number of aliphatic hydroxyl groups is 1. The molecule has 0 spiro atoms. The number of nitrogens with zero attached hydrogens (tertiary/aromatic N) is 4. The minimum Gasteiger partial charge on any atom is -0.388 e. The minimum atomic E-state index is -0.555. The van der Waals surface area contributed by atoms with E-state index in [9.17, 15) is 5.11 Å². The predicted octanol–water partition coefficient (Wildman–Crippen LogP) is 3.03. The van der Waals surface area contributed by atoms with E-state index in [1.807, 2.05) is 0 Å². The fourth-order valence-corrected chi connectivity index (χ4v) is 4.53. The Bertz CT molecular complexity index is 1060. The second kappa shape index (κ2) is 4.65. The summed E-state index contributed by atoms with van der Waals surface area (Å²) in [4.78, 5) is 8.82. The highest BCUT2D eigenvalue weighted by atomic mass is 16.5. The van der Waals surface area contributed by atoms with Gasteiger partial charge in [0.1, 0.15) is 29.2 Å². The molecule has 2 fully saturated rings. The SMILES string of the molecule is CC1(n2c3c(c4c(N)ncnc42)-c2noc(C4CC4)c2[C@@H](O)CC3)CC1. The first-order chi connectivity index (χ1) is 12.6. The van der Waals surface area contributed by atoms with E-state index in [0.29, 0.717) is 18.2 Å². The van der Waals surface area contributed by atoms with E-state index < -0.39 is 6.10 Å². The first-order valence-corrected chi connectivity index (χ1v) is 9.40.